The van der Waals surface area contributed by atoms with Crippen LogP contribution in [-0.2, 0) is 10.2 Å². The molecule has 0 spiro atoms. The zero-order chi connectivity index (χ0) is 18.1. The van der Waals surface area contributed by atoms with Crippen molar-refractivity contribution in [3.8, 4) is 11.1 Å². The van der Waals surface area contributed by atoms with Crippen molar-refractivity contribution in [3.63, 3.8) is 0 Å². The summed E-state index contributed by atoms with van der Waals surface area (Å²) in [6, 6.07) is 14.5. The normalized spacial score (nSPS) is 14.7. The van der Waals surface area contributed by atoms with E-state index >= 15 is 0 Å². The number of alkyl halides is 3. The van der Waals surface area contributed by atoms with Crippen molar-refractivity contribution in [3.05, 3.63) is 59.7 Å². The molecule has 0 aliphatic heterocycles. The fourth-order valence-electron chi connectivity index (χ4n) is 3.63. The highest BCUT2D eigenvalue weighted by Gasteiger charge is 2.49. The molecule has 3 nitrogen and oxygen atoms in total. The Balaban J connectivity index is 2.13. The van der Waals surface area contributed by atoms with Gasteiger partial charge in [0.15, 0.2) is 0 Å². The van der Waals surface area contributed by atoms with Gasteiger partial charge in [-0.1, -0.05) is 48.5 Å². The van der Waals surface area contributed by atoms with Crippen LogP contribution in [-0.4, -0.2) is 30.3 Å². The largest absolute Gasteiger partial charge is 0.405 e. The molecule has 25 heavy (non-hydrogen) atoms. The summed E-state index contributed by atoms with van der Waals surface area (Å²) in [7, 11) is 0. The zero-order valence-corrected chi connectivity index (χ0v) is 13.4. The summed E-state index contributed by atoms with van der Waals surface area (Å²) in [6.45, 7) is -1.52. The highest BCUT2D eigenvalue weighted by molar-refractivity contribution is 6.00. The molecule has 0 unspecified atom stereocenters. The van der Waals surface area contributed by atoms with E-state index in [0.29, 0.717) is 17.5 Å². The van der Waals surface area contributed by atoms with Gasteiger partial charge in [-0.2, -0.15) is 13.2 Å². The maximum Gasteiger partial charge on any atom is 0.405 e. The Hall–Kier alpha value is -2.34. The molecular weight excluding hydrogens is 331 g/mol. The first kappa shape index (κ1) is 17.5. The Morgan fingerprint density at radius 1 is 1.00 bits per heavy atom. The van der Waals surface area contributed by atoms with Gasteiger partial charge in [0.25, 0.3) is 0 Å². The Kier molecular flexibility index (Phi) is 4.56. The second kappa shape index (κ2) is 6.52. The smallest absolute Gasteiger partial charge is 0.396 e. The number of aliphatic hydroxyl groups is 1. The number of benzene rings is 2. The molecule has 0 radical (unpaired) electrons. The Labute approximate surface area is 143 Å². The lowest BCUT2D eigenvalue weighted by atomic mass is 9.73. The van der Waals surface area contributed by atoms with Crippen LogP contribution in [0.5, 0.6) is 0 Å². The van der Waals surface area contributed by atoms with Gasteiger partial charge in [0.05, 0.1) is 0 Å². The van der Waals surface area contributed by atoms with E-state index in [4.69, 9.17) is 0 Å². The lowest BCUT2D eigenvalue weighted by Crippen LogP contribution is -2.47. The van der Waals surface area contributed by atoms with E-state index in [2.05, 4.69) is 5.32 Å². The van der Waals surface area contributed by atoms with Crippen LogP contribution in [0.3, 0.4) is 0 Å². The molecule has 6 heteroatoms. The maximum absolute atomic E-state index is 13.0. The summed E-state index contributed by atoms with van der Waals surface area (Å²) >= 11 is 0. The lowest BCUT2D eigenvalue weighted by Gasteiger charge is -2.31. The molecule has 0 saturated heterocycles. The van der Waals surface area contributed by atoms with Crippen molar-refractivity contribution in [1.82, 2.24) is 5.32 Å². The molecule has 1 aliphatic rings. The molecule has 0 fully saturated rings. The fraction of sp³-hybridized carbons (Fsp3) is 0.316. The number of aliphatic hydroxyl groups excluding tert-OH is 1. The van der Waals surface area contributed by atoms with Crippen molar-refractivity contribution in [2.75, 3.05) is 13.2 Å². The lowest BCUT2D eigenvalue weighted by molar-refractivity contribution is -0.141. The van der Waals surface area contributed by atoms with Crippen molar-refractivity contribution >= 4 is 5.91 Å². The average Bonchev–Trinajstić information content (AvgIpc) is 2.89. The van der Waals surface area contributed by atoms with Crippen LogP contribution >= 0.6 is 0 Å². The van der Waals surface area contributed by atoms with Gasteiger partial charge in [-0.05, 0) is 35.1 Å². The molecule has 0 saturated carbocycles. The first-order valence-corrected chi connectivity index (χ1v) is 8.05. The average molecular weight is 349 g/mol. The van der Waals surface area contributed by atoms with Gasteiger partial charge in [0, 0.05) is 6.61 Å². The molecule has 0 atom stereocenters. The van der Waals surface area contributed by atoms with Gasteiger partial charge in [0.2, 0.25) is 5.91 Å². The van der Waals surface area contributed by atoms with Crippen LogP contribution < -0.4 is 5.32 Å². The molecule has 0 aromatic heterocycles. The Morgan fingerprint density at radius 3 is 2.00 bits per heavy atom. The van der Waals surface area contributed by atoms with Gasteiger partial charge >= 0.3 is 6.18 Å². The van der Waals surface area contributed by atoms with Crippen LogP contribution in [0.25, 0.3) is 11.1 Å². The minimum atomic E-state index is -4.48. The number of carbonyl (C=O) groups is 1. The molecule has 2 aromatic rings. The topological polar surface area (TPSA) is 49.3 Å². The Morgan fingerprint density at radius 2 is 1.52 bits per heavy atom. The van der Waals surface area contributed by atoms with Crippen molar-refractivity contribution in [2.45, 2.75) is 24.4 Å². The van der Waals surface area contributed by atoms with E-state index in [1.165, 1.54) is 0 Å². The summed E-state index contributed by atoms with van der Waals surface area (Å²) in [5.74, 6) is -0.685. The van der Waals surface area contributed by atoms with E-state index in [0.717, 1.165) is 11.1 Å². The van der Waals surface area contributed by atoms with Crippen LogP contribution in [0.4, 0.5) is 13.2 Å². The summed E-state index contributed by atoms with van der Waals surface area (Å²) in [6.07, 6.45) is -3.94. The number of hydrogen-bond donors (Lipinski definition) is 2. The summed E-state index contributed by atoms with van der Waals surface area (Å²) in [5.41, 5.74) is 1.84. The minimum absolute atomic E-state index is 0.140. The third-order valence-corrected chi connectivity index (χ3v) is 4.61. The number of hydrogen-bond acceptors (Lipinski definition) is 2. The van der Waals surface area contributed by atoms with Crippen LogP contribution in [0.1, 0.15) is 24.0 Å². The third kappa shape index (κ3) is 3.02. The molecule has 132 valence electrons. The molecule has 1 aliphatic carbocycles. The monoisotopic (exact) mass is 349 g/mol. The Bertz CT molecular complexity index is 741. The van der Waals surface area contributed by atoms with Gasteiger partial charge in [-0.3, -0.25) is 4.79 Å². The molecule has 1 amide bonds. The second-order valence-electron chi connectivity index (χ2n) is 6.12. The number of nitrogens with one attached hydrogen (secondary N) is 1. The van der Waals surface area contributed by atoms with E-state index in [1.54, 1.807) is 24.3 Å². The summed E-state index contributed by atoms with van der Waals surface area (Å²) < 4.78 is 37.9. The molecular formula is C19H18F3NO2. The predicted octanol–water partition coefficient (Wildman–Crippen LogP) is 3.40. The highest BCUT2D eigenvalue weighted by Crippen LogP contribution is 2.51. The first-order chi connectivity index (χ1) is 11.9. The van der Waals surface area contributed by atoms with Gasteiger partial charge in [-0.25, -0.2) is 0 Å². The van der Waals surface area contributed by atoms with Crippen LogP contribution in [0, 0.1) is 0 Å². The van der Waals surface area contributed by atoms with Crippen LogP contribution in [0.15, 0.2) is 48.5 Å². The summed E-state index contributed by atoms with van der Waals surface area (Å²) in [4.78, 5) is 13.0. The number of rotatable bonds is 5. The molecule has 0 heterocycles. The second-order valence-corrected chi connectivity index (χ2v) is 6.12. The quantitative estimate of drug-likeness (QED) is 0.869. The van der Waals surface area contributed by atoms with Crippen molar-refractivity contribution in [2.24, 2.45) is 0 Å². The number of fused-ring (bicyclic) bond motifs is 3. The van der Waals surface area contributed by atoms with Gasteiger partial charge in [-0.15, -0.1) is 0 Å². The van der Waals surface area contributed by atoms with Crippen molar-refractivity contribution in [1.29, 1.82) is 0 Å². The molecule has 2 aromatic carbocycles. The van der Waals surface area contributed by atoms with E-state index in [-0.39, 0.29) is 13.0 Å². The fourth-order valence-corrected chi connectivity index (χ4v) is 3.63. The SMILES string of the molecule is O=C(NCC(F)(F)F)C1(CCCO)c2ccccc2-c2ccccc21. The number of carbonyl (C=O) groups excluding carboxylic acids is 1. The molecule has 0 bridgehead atoms. The highest BCUT2D eigenvalue weighted by atomic mass is 19.4. The zero-order valence-electron chi connectivity index (χ0n) is 13.4. The minimum Gasteiger partial charge on any atom is -0.396 e. The third-order valence-electron chi connectivity index (χ3n) is 4.61. The molecule has 3 rings (SSSR count). The number of amides is 1. The predicted molar refractivity (Wildman–Crippen MR) is 88.0 cm³/mol. The van der Waals surface area contributed by atoms with Gasteiger partial charge < -0.3 is 10.4 Å². The standard InChI is InChI=1S/C19H18F3NO2/c20-19(21,22)12-23-17(25)18(10-5-11-24)15-8-3-1-6-13(15)14-7-2-4-9-16(14)18/h1-4,6-9,24H,5,10-12H2,(H,23,25). The van der Waals surface area contributed by atoms with E-state index in [9.17, 15) is 23.1 Å². The maximum atomic E-state index is 13.0. The number of halogens is 3. The summed E-state index contributed by atoms with van der Waals surface area (Å²) in [5, 5.41) is 11.3. The first-order valence-electron chi connectivity index (χ1n) is 8.05. The molecule has 2 N–H and O–H groups in total. The van der Waals surface area contributed by atoms with Crippen molar-refractivity contribution < 1.29 is 23.1 Å². The van der Waals surface area contributed by atoms with E-state index < -0.39 is 24.0 Å². The van der Waals surface area contributed by atoms with Crippen LogP contribution in [0.2, 0.25) is 0 Å². The van der Waals surface area contributed by atoms with E-state index in [1.807, 2.05) is 24.3 Å². The van der Waals surface area contributed by atoms with Gasteiger partial charge in [0.1, 0.15) is 12.0 Å².